The van der Waals surface area contributed by atoms with Crippen LogP contribution < -0.4 is 0 Å². The minimum absolute atomic E-state index is 0.0873. The van der Waals surface area contributed by atoms with Crippen molar-refractivity contribution in [1.82, 2.24) is 9.80 Å². The third-order valence-electron chi connectivity index (χ3n) is 2.89. The summed E-state index contributed by atoms with van der Waals surface area (Å²) >= 11 is 7.37. The molecule has 4 nitrogen and oxygen atoms in total. The molecule has 0 aliphatic heterocycles. The Morgan fingerprint density at radius 2 is 2.21 bits per heavy atom. The lowest BCUT2D eigenvalue weighted by Gasteiger charge is -2.23. The van der Waals surface area contributed by atoms with E-state index in [-0.39, 0.29) is 12.5 Å². The Morgan fingerprint density at radius 3 is 2.74 bits per heavy atom. The van der Waals surface area contributed by atoms with Crippen molar-refractivity contribution in [2.75, 3.05) is 33.3 Å². The van der Waals surface area contributed by atoms with Gasteiger partial charge in [0.1, 0.15) is 0 Å². The molecule has 0 bridgehead atoms. The van der Waals surface area contributed by atoms with E-state index in [1.807, 2.05) is 24.0 Å². The van der Waals surface area contributed by atoms with Gasteiger partial charge in [-0.15, -0.1) is 11.3 Å². The minimum atomic E-state index is 0.0873. The molecule has 1 aromatic rings. The van der Waals surface area contributed by atoms with Crippen LogP contribution in [0.1, 0.15) is 18.2 Å². The van der Waals surface area contributed by atoms with Gasteiger partial charge in [-0.2, -0.15) is 0 Å². The lowest BCUT2D eigenvalue weighted by atomic mass is 10.3. The second-order valence-electron chi connectivity index (χ2n) is 4.40. The molecule has 1 rings (SSSR count). The maximum absolute atomic E-state index is 12.1. The second-order valence-corrected chi connectivity index (χ2v) is 6.20. The molecule has 1 heterocycles. The van der Waals surface area contributed by atoms with Crippen molar-refractivity contribution in [3.63, 3.8) is 0 Å². The highest BCUT2D eigenvalue weighted by atomic mass is 35.5. The molecule has 1 aromatic heterocycles. The smallest absolute Gasteiger partial charge is 0.236 e. The Balaban J connectivity index is 2.42. The number of hydrogen-bond donors (Lipinski definition) is 1. The lowest BCUT2D eigenvalue weighted by molar-refractivity contribution is -0.131. The standard InChI is InChI=1S/C13H21ClN2O2S/c1-3-16(7-4-8-17)10-13(18)15(2)9-11-5-6-12(14)19-11/h5-6,17H,3-4,7-10H2,1-2H3. The van der Waals surface area contributed by atoms with E-state index in [4.69, 9.17) is 16.7 Å². The average Bonchev–Trinajstić information content (AvgIpc) is 2.79. The van der Waals surface area contributed by atoms with Gasteiger partial charge in [-0.1, -0.05) is 18.5 Å². The summed E-state index contributed by atoms with van der Waals surface area (Å²) in [5, 5.41) is 8.82. The molecular weight excluding hydrogens is 284 g/mol. The number of hydrogen-bond acceptors (Lipinski definition) is 4. The van der Waals surface area contributed by atoms with E-state index in [9.17, 15) is 4.79 Å². The largest absolute Gasteiger partial charge is 0.396 e. The van der Waals surface area contributed by atoms with Crippen molar-refractivity contribution in [3.05, 3.63) is 21.3 Å². The van der Waals surface area contributed by atoms with Crippen LogP contribution in [0, 0.1) is 0 Å². The minimum Gasteiger partial charge on any atom is -0.396 e. The summed E-state index contributed by atoms with van der Waals surface area (Å²) in [6.45, 7) is 4.72. The average molecular weight is 305 g/mol. The highest BCUT2D eigenvalue weighted by Gasteiger charge is 2.14. The van der Waals surface area contributed by atoms with Crippen LogP contribution in [0.4, 0.5) is 0 Å². The Morgan fingerprint density at radius 1 is 1.47 bits per heavy atom. The quantitative estimate of drug-likeness (QED) is 0.799. The number of halogens is 1. The van der Waals surface area contributed by atoms with Crippen LogP contribution in [-0.4, -0.2) is 54.1 Å². The number of nitrogens with zero attached hydrogens (tertiary/aromatic N) is 2. The van der Waals surface area contributed by atoms with E-state index < -0.39 is 0 Å². The molecule has 0 unspecified atom stereocenters. The summed E-state index contributed by atoms with van der Waals surface area (Å²) < 4.78 is 0.744. The predicted octanol–water partition coefficient (Wildman–Crippen LogP) is 2.06. The maximum Gasteiger partial charge on any atom is 0.236 e. The van der Waals surface area contributed by atoms with Crippen molar-refractivity contribution >= 4 is 28.8 Å². The van der Waals surface area contributed by atoms with E-state index in [1.54, 1.807) is 11.9 Å². The first-order valence-electron chi connectivity index (χ1n) is 6.38. The number of aliphatic hydroxyl groups excluding tert-OH is 1. The fourth-order valence-corrected chi connectivity index (χ4v) is 2.86. The fourth-order valence-electron chi connectivity index (χ4n) is 1.71. The van der Waals surface area contributed by atoms with E-state index in [2.05, 4.69) is 0 Å². The zero-order valence-corrected chi connectivity index (χ0v) is 13.0. The summed E-state index contributed by atoms with van der Waals surface area (Å²) in [5.41, 5.74) is 0. The van der Waals surface area contributed by atoms with E-state index in [0.717, 1.165) is 22.3 Å². The first-order chi connectivity index (χ1) is 9.06. The van der Waals surface area contributed by atoms with E-state index in [0.29, 0.717) is 19.5 Å². The molecule has 0 radical (unpaired) electrons. The number of rotatable bonds is 8. The molecule has 19 heavy (non-hydrogen) atoms. The number of carbonyl (C=O) groups is 1. The Labute approximate surface area is 123 Å². The molecular formula is C13H21ClN2O2S. The summed E-state index contributed by atoms with van der Waals surface area (Å²) in [6, 6.07) is 3.79. The number of likely N-dealkylation sites (N-methyl/N-ethyl adjacent to an activating group) is 2. The van der Waals surface area contributed by atoms with Gasteiger partial charge in [0.15, 0.2) is 0 Å². The van der Waals surface area contributed by atoms with Gasteiger partial charge in [0.05, 0.1) is 17.4 Å². The Bertz CT molecular complexity index is 398. The van der Waals surface area contributed by atoms with Gasteiger partial charge in [0.25, 0.3) is 0 Å². The molecule has 0 fully saturated rings. The molecule has 0 saturated carbocycles. The first kappa shape index (κ1) is 16.4. The molecule has 108 valence electrons. The molecule has 0 aromatic carbocycles. The van der Waals surface area contributed by atoms with Crippen LogP contribution in [0.15, 0.2) is 12.1 Å². The molecule has 0 spiro atoms. The summed E-state index contributed by atoms with van der Waals surface area (Å²) in [4.78, 5) is 16.9. The molecule has 0 atom stereocenters. The lowest BCUT2D eigenvalue weighted by Crippen LogP contribution is -2.38. The molecule has 1 N–H and O–H groups in total. The van der Waals surface area contributed by atoms with Crippen molar-refractivity contribution in [3.8, 4) is 0 Å². The van der Waals surface area contributed by atoms with Gasteiger partial charge in [-0.25, -0.2) is 0 Å². The van der Waals surface area contributed by atoms with Crippen LogP contribution in [0.3, 0.4) is 0 Å². The SMILES string of the molecule is CCN(CCCO)CC(=O)N(C)Cc1ccc(Cl)s1. The van der Waals surface area contributed by atoms with Crippen LogP contribution >= 0.6 is 22.9 Å². The monoisotopic (exact) mass is 304 g/mol. The van der Waals surface area contributed by atoms with Gasteiger partial charge in [-0.05, 0) is 25.1 Å². The van der Waals surface area contributed by atoms with Gasteiger partial charge in [0, 0.05) is 25.1 Å². The molecule has 1 amide bonds. The second kappa shape index (κ2) is 8.53. The van der Waals surface area contributed by atoms with E-state index >= 15 is 0 Å². The third kappa shape index (κ3) is 5.91. The van der Waals surface area contributed by atoms with Crippen molar-refractivity contribution in [2.45, 2.75) is 19.9 Å². The van der Waals surface area contributed by atoms with Gasteiger partial charge in [-0.3, -0.25) is 9.69 Å². The number of thiophene rings is 1. The number of aliphatic hydroxyl groups is 1. The molecule has 0 saturated heterocycles. The maximum atomic E-state index is 12.1. The van der Waals surface area contributed by atoms with Crippen LogP contribution in [0.5, 0.6) is 0 Å². The molecule has 0 aliphatic rings. The summed E-state index contributed by atoms with van der Waals surface area (Å²) in [5.74, 6) is 0.0873. The van der Waals surface area contributed by atoms with Crippen LogP contribution in [-0.2, 0) is 11.3 Å². The van der Waals surface area contributed by atoms with Crippen LogP contribution in [0.25, 0.3) is 0 Å². The Kier molecular flexibility index (Phi) is 7.38. The topological polar surface area (TPSA) is 43.8 Å². The highest BCUT2D eigenvalue weighted by Crippen LogP contribution is 2.22. The van der Waals surface area contributed by atoms with Crippen molar-refractivity contribution < 1.29 is 9.90 Å². The third-order valence-corrected chi connectivity index (χ3v) is 4.10. The van der Waals surface area contributed by atoms with Crippen LogP contribution in [0.2, 0.25) is 4.34 Å². The first-order valence-corrected chi connectivity index (χ1v) is 7.57. The van der Waals surface area contributed by atoms with Gasteiger partial charge < -0.3 is 10.0 Å². The normalized spacial score (nSPS) is 11.0. The van der Waals surface area contributed by atoms with Gasteiger partial charge in [0.2, 0.25) is 5.91 Å². The number of amides is 1. The summed E-state index contributed by atoms with van der Waals surface area (Å²) in [6.07, 6.45) is 0.700. The molecule has 0 aliphatic carbocycles. The zero-order valence-electron chi connectivity index (χ0n) is 11.4. The van der Waals surface area contributed by atoms with Crippen molar-refractivity contribution in [1.29, 1.82) is 0 Å². The molecule has 6 heteroatoms. The predicted molar refractivity (Wildman–Crippen MR) is 79.6 cm³/mol. The Hall–Kier alpha value is -0.620. The summed E-state index contributed by atoms with van der Waals surface area (Å²) in [7, 11) is 1.80. The fraction of sp³-hybridized carbons (Fsp3) is 0.615. The van der Waals surface area contributed by atoms with Gasteiger partial charge >= 0.3 is 0 Å². The van der Waals surface area contributed by atoms with Crippen molar-refractivity contribution in [2.24, 2.45) is 0 Å². The number of carbonyl (C=O) groups excluding carboxylic acids is 1. The zero-order chi connectivity index (χ0) is 14.3. The highest BCUT2D eigenvalue weighted by molar-refractivity contribution is 7.16. The van der Waals surface area contributed by atoms with E-state index in [1.165, 1.54) is 11.3 Å².